The highest BCUT2D eigenvalue weighted by Crippen LogP contribution is 2.28. The van der Waals surface area contributed by atoms with E-state index in [2.05, 4.69) is 5.32 Å². The van der Waals surface area contributed by atoms with E-state index < -0.39 is 4.92 Å². The summed E-state index contributed by atoms with van der Waals surface area (Å²) < 4.78 is 5.38. The fourth-order valence-corrected chi connectivity index (χ4v) is 2.57. The van der Waals surface area contributed by atoms with Gasteiger partial charge in [-0.1, -0.05) is 12.8 Å². The molecule has 2 atom stereocenters. The molecule has 0 amide bonds. The molecule has 0 spiro atoms. The summed E-state index contributed by atoms with van der Waals surface area (Å²) >= 11 is 0. The molecule has 110 valence electrons. The van der Waals surface area contributed by atoms with Crippen molar-refractivity contribution in [3.63, 3.8) is 0 Å². The van der Waals surface area contributed by atoms with Gasteiger partial charge in [-0.15, -0.1) is 0 Å². The van der Waals surface area contributed by atoms with E-state index in [1.807, 2.05) is 6.92 Å². The van der Waals surface area contributed by atoms with Gasteiger partial charge in [-0.3, -0.25) is 10.1 Å². The fraction of sp³-hybridized carbons (Fsp3) is 0.571. The minimum absolute atomic E-state index is 0.0304. The van der Waals surface area contributed by atoms with Crippen LogP contribution in [0.1, 0.15) is 32.6 Å². The maximum absolute atomic E-state index is 11.0. The van der Waals surface area contributed by atoms with Gasteiger partial charge in [-0.05, 0) is 19.8 Å². The molecule has 3 N–H and O–H groups in total. The standard InChI is InChI=1S/C14H21N3O3/c1-2-20-12-8-10(7-11(9-12)17(18)19)16-14-6-4-3-5-13(14)15/h7-9,13-14,16H,2-6,15H2,1H3/t13-,14-/m1/s1. The average molecular weight is 279 g/mol. The quantitative estimate of drug-likeness (QED) is 0.638. The summed E-state index contributed by atoms with van der Waals surface area (Å²) in [5, 5.41) is 14.3. The molecule has 0 bridgehead atoms. The number of ether oxygens (including phenoxy) is 1. The summed E-state index contributed by atoms with van der Waals surface area (Å²) in [7, 11) is 0. The molecule has 0 heterocycles. The van der Waals surface area contributed by atoms with Crippen molar-refractivity contribution >= 4 is 11.4 Å². The van der Waals surface area contributed by atoms with Gasteiger partial charge >= 0.3 is 0 Å². The summed E-state index contributed by atoms with van der Waals surface area (Å²) in [6, 6.07) is 5.02. The molecule has 1 fully saturated rings. The van der Waals surface area contributed by atoms with Crippen LogP contribution in [-0.2, 0) is 0 Å². The molecule has 1 aliphatic carbocycles. The smallest absolute Gasteiger partial charge is 0.275 e. The first kappa shape index (κ1) is 14.6. The van der Waals surface area contributed by atoms with E-state index in [1.54, 1.807) is 6.07 Å². The van der Waals surface area contributed by atoms with Gasteiger partial charge in [0.15, 0.2) is 0 Å². The van der Waals surface area contributed by atoms with E-state index in [9.17, 15) is 10.1 Å². The number of nitro groups is 1. The number of rotatable bonds is 5. The largest absolute Gasteiger partial charge is 0.494 e. The monoisotopic (exact) mass is 279 g/mol. The Morgan fingerprint density at radius 2 is 2.15 bits per heavy atom. The van der Waals surface area contributed by atoms with Gasteiger partial charge < -0.3 is 15.8 Å². The van der Waals surface area contributed by atoms with Gasteiger partial charge in [0, 0.05) is 29.9 Å². The summed E-state index contributed by atoms with van der Waals surface area (Å²) in [4.78, 5) is 10.6. The van der Waals surface area contributed by atoms with Crippen molar-refractivity contribution < 1.29 is 9.66 Å². The Kier molecular flexibility index (Phi) is 4.79. The molecule has 0 aromatic heterocycles. The summed E-state index contributed by atoms with van der Waals surface area (Å²) in [5.41, 5.74) is 6.82. The Labute approximate surface area is 118 Å². The van der Waals surface area contributed by atoms with Crippen LogP contribution in [0.25, 0.3) is 0 Å². The van der Waals surface area contributed by atoms with Gasteiger partial charge in [-0.25, -0.2) is 0 Å². The second-order valence-corrected chi connectivity index (χ2v) is 5.10. The number of benzene rings is 1. The second kappa shape index (κ2) is 6.56. The third-order valence-electron chi connectivity index (χ3n) is 3.58. The minimum Gasteiger partial charge on any atom is -0.494 e. The van der Waals surface area contributed by atoms with Crippen LogP contribution in [0.4, 0.5) is 11.4 Å². The molecule has 1 aliphatic rings. The van der Waals surface area contributed by atoms with Crippen LogP contribution in [0.3, 0.4) is 0 Å². The molecule has 0 saturated heterocycles. The van der Waals surface area contributed by atoms with E-state index in [0.29, 0.717) is 18.0 Å². The Hall–Kier alpha value is -1.82. The maximum atomic E-state index is 11.0. The molecule has 1 aromatic carbocycles. The van der Waals surface area contributed by atoms with Crippen molar-refractivity contribution in [1.82, 2.24) is 0 Å². The number of hydrogen-bond acceptors (Lipinski definition) is 5. The Morgan fingerprint density at radius 3 is 2.80 bits per heavy atom. The van der Waals surface area contributed by atoms with E-state index in [4.69, 9.17) is 10.5 Å². The molecule has 6 heteroatoms. The van der Waals surface area contributed by atoms with Crippen LogP contribution >= 0.6 is 0 Å². The predicted molar refractivity (Wildman–Crippen MR) is 78.1 cm³/mol. The fourth-order valence-electron chi connectivity index (χ4n) is 2.57. The zero-order valence-corrected chi connectivity index (χ0v) is 11.7. The molecule has 0 radical (unpaired) electrons. The Morgan fingerprint density at radius 1 is 1.40 bits per heavy atom. The van der Waals surface area contributed by atoms with Crippen molar-refractivity contribution in [2.75, 3.05) is 11.9 Å². The first-order chi connectivity index (χ1) is 9.60. The number of nitrogens with zero attached hydrogens (tertiary/aromatic N) is 1. The van der Waals surface area contributed by atoms with Crippen molar-refractivity contribution in [1.29, 1.82) is 0 Å². The first-order valence-electron chi connectivity index (χ1n) is 7.04. The lowest BCUT2D eigenvalue weighted by atomic mass is 9.91. The molecule has 1 aromatic rings. The van der Waals surface area contributed by atoms with Crippen molar-refractivity contribution in [2.45, 2.75) is 44.7 Å². The van der Waals surface area contributed by atoms with Crippen LogP contribution < -0.4 is 15.8 Å². The van der Waals surface area contributed by atoms with Crippen molar-refractivity contribution in [2.24, 2.45) is 5.73 Å². The highest BCUT2D eigenvalue weighted by Gasteiger charge is 2.22. The number of nitro benzene ring substituents is 1. The minimum atomic E-state index is -0.408. The molecular weight excluding hydrogens is 258 g/mol. The Balaban J connectivity index is 2.18. The molecular formula is C14H21N3O3. The normalized spacial score (nSPS) is 22.3. The van der Waals surface area contributed by atoms with Gasteiger partial charge in [0.2, 0.25) is 0 Å². The van der Waals surface area contributed by atoms with Crippen LogP contribution in [0.2, 0.25) is 0 Å². The van der Waals surface area contributed by atoms with Crippen molar-refractivity contribution in [3.8, 4) is 5.75 Å². The summed E-state index contributed by atoms with van der Waals surface area (Å²) in [6.07, 6.45) is 4.27. The van der Waals surface area contributed by atoms with Crippen LogP contribution in [0, 0.1) is 10.1 Å². The van der Waals surface area contributed by atoms with Gasteiger partial charge in [0.1, 0.15) is 5.75 Å². The average Bonchev–Trinajstić information content (AvgIpc) is 2.41. The molecule has 20 heavy (non-hydrogen) atoms. The highest BCUT2D eigenvalue weighted by molar-refractivity contribution is 5.57. The zero-order valence-electron chi connectivity index (χ0n) is 11.7. The molecule has 1 saturated carbocycles. The van der Waals surface area contributed by atoms with Gasteiger partial charge in [0.05, 0.1) is 17.6 Å². The zero-order chi connectivity index (χ0) is 14.5. The van der Waals surface area contributed by atoms with E-state index in [0.717, 1.165) is 25.7 Å². The van der Waals surface area contributed by atoms with Crippen LogP contribution in [0.15, 0.2) is 18.2 Å². The molecule has 6 nitrogen and oxygen atoms in total. The third kappa shape index (κ3) is 3.60. The Bertz CT molecular complexity index is 479. The lowest BCUT2D eigenvalue weighted by Gasteiger charge is -2.30. The lowest BCUT2D eigenvalue weighted by Crippen LogP contribution is -2.42. The number of nitrogens with two attached hydrogens (primary N) is 1. The maximum Gasteiger partial charge on any atom is 0.275 e. The number of hydrogen-bond donors (Lipinski definition) is 2. The molecule has 0 unspecified atom stereocenters. The topological polar surface area (TPSA) is 90.4 Å². The van der Waals surface area contributed by atoms with Gasteiger partial charge in [-0.2, -0.15) is 0 Å². The van der Waals surface area contributed by atoms with Gasteiger partial charge in [0.25, 0.3) is 5.69 Å². The second-order valence-electron chi connectivity index (χ2n) is 5.10. The number of non-ortho nitro benzene ring substituents is 1. The van der Waals surface area contributed by atoms with E-state index in [-0.39, 0.29) is 17.8 Å². The molecule has 2 rings (SSSR count). The summed E-state index contributed by atoms with van der Waals surface area (Å²) in [6.45, 7) is 2.33. The predicted octanol–water partition coefficient (Wildman–Crippen LogP) is 2.68. The molecule has 0 aliphatic heterocycles. The van der Waals surface area contributed by atoms with E-state index in [1.165, 1.54) is 12.1 Å². The van der Waals surface area contributed by atoms with Crippen LogP contribution in [-0.4, -0.2) is 23.6 Å². The SMILES string of the molecule is CCOc1cc(N[C@@H]2CCCC[C@H]2N)cc([N+](=O)[O-])c1. The number of nitrogens with one attached hydrogen (secondary N) is 1. The first-order valence-corrected chi connectivity index (χ1v) is 7.04. The van der Waals surface area contributed by atoms with Crippen LogP contribution in [0.5, 0.6) is 5.75 Å². The lowest BCUT2D eigenvalue weighted by molar-refractivity contribution is -0.384. The summed E-state index contributed by atoms with van der Waals surface area (Å²) in [5.74, 6) is 0.508. The van der Waals surface area contributed by atoms with E-state index >= 15 is 0 Å². The van der Waals surface area contributed by atoms with Crippen molar-refractivity contribution in [3.05, 3.63) is 28.3 Å². The third-order valence-corrected chi connectivity index (χ3v) is 3.58. The highest BCUT2D eigenvalue weighted by atomic mass is 16.6. The number of anilines is 1.